The van der Waals surface area contributed by atoms with Crippen LogP contribution in [0.5, 0.6) is 0 Å². The minimum absolute atomic E-state index is 0.332. The number of esters is 2. The molecule has 0 saturated carbocycles. The smallest absolute Gasteiger partial charge is 0.338 e. The van der Waals surface area contributed by atoms with Gasteiger partial charge in [-0.3, -0.25) is 0 Å². The summed E-state index contributed by atoms with van der Waals surface area (Å²) in [7, 11) is 1.93. The van der Waals surface area contributed by atoms with Crippen LogP contribution in [-0.2, 0) is 23.1 Å². The zero-order valence-corrected chi connectivity index (χ0v) is 16.2. The summed E-state index contributed by atoms with van der Waals surface area (Å²) in [6, 6.07) is 12.5. The third-order valence-electron chi connectivity index (χ3n) is 4.33. The first kappa shape index (κ1) is 19.4. The van der Waals surface area contributed by atoms with Crippen LogP contribution in [0.25, 0.3) is 11.0 Å². The highest BCUT2D eigenvalue weighted by atomic mass is 16.5. The summed E-state index contributed by atoms with van der Waals surface area (Å²) in [5.41, 5.74) is 3.54. The summed E-state index contributed by atoms with van der Waals surface area (Å²) < 4.78 is 12.0. The summed E-state index contributed by atoms with van der Waals surface area (Å²) in [6.45, 7) is 4.74. The van der Waals surface area contributed by atoms with Crippen LogP contribution in [0.4, 0.5) is 5.69 Å². The van der Waals surface area contributed by atoms with Crippen LogP contribution in [0.15, 0.2) is 42.5 Å². The van der Waals surface area contributed by atoms with Crippen LogP contribution in [0, 0.1) is 0 Å². The molecule has 3 aromatic rings. The number of anilines is 1. The van der Waals surface area contributed by atoms with E-state index in [0.717, 1.165) is 22.5 Å². The molecule has 0 radical (unpaired) electrons. The van der Waals surface area contributed by atoms with Gasteiger partial charge < -0.3 is 19.4 Å². The van der Waals surface area contributed by atoms with Crippen molar-refractivity contribution >= 4 is 28.7 Å². The molecule has 3 rings (SSSR count). The molecule has 2 aromatic carbocycles. The molecule has 0 bridgehead atoms. The summed E-state index contributed by atoms with van der Waals surface area (Å²) >= 11 is 0. The number of carbonyl (C=O) groups excluding carboxylic acids is 2. The highest BCUT2D eigenvalue weighted by Crippen LogP contribution is 2.19. The van der Waals surface area contributed by atoms with E-state index in [-0.39, 0.29) is 11.9 Å². The quantitative estimate of drug-likeness (QED) is 0.631. The number of imidazole rings is 1. The van der Waals surface area contributed by atoms with E-state index in [1.165, 1.54) is 0 Å². The van der Waals surface area contributed by atoms with Gasteiger partial charge in [-0.1, -0.05) is 0 Å². The van der Waals surface area contributed by atoms with Gasteiger partial charge in [-0.05, 0) is 56.3 Å². The van der Waals surface area contributed by atoms with Crippen LogP contribution in [0.3, 0.4) is 0 Å². The van der Waals surface area contributed by atoms with Gasteiger partial charge in [0.25, 0.3) is 0 Å². The Kier molecular flexibility index (Phi) is 5.93. The maximum Gasteiger partial charge on any atom is 0.338 e. The summed E-state index contributed by atoms with van der Waals surface area (Å²) in [6.07, 6.45) is 0. The lowest BCUT2D eigenvalue weighted by Gasteiger charge is -2.08. The van der Waals surface area contributed by atoms with Crippen LogP contribution < -0.4 is 5.32 Å². The summed E-state index contributed by atoms with van der Waals surface area (Å²) in [5, 5.41) is 3.29. The Morgan fingerprint density at radius 1 is 0.964 bits per heavy atom. The number of aromatic nitrogens is 2. The molecule has 1 N–H and O–H groups in total. The van der Waals surface area contributed by atoms with Gasteiger partial charge in [-0.2, -0.15) is 0 Å². The number of carbonyl (C=O) groups is 2. The third kappa shape index (κ3) is 4.14. The van der Waals surface area contributed by atoms with E-state index >= 15 is 0 Å². The number of hydrogen-bond acceptors (Lipinski definition) is 6. The lowest BCUT2D eigenvalue weighted by atomic mass is 10.2. The molecular formula is C21H23N3O4. The molecule has 0 aliphatic heterocycles. The van der Waals surface area contributed by atoms with Crippen molar-refractivity contribution in [2.75, 3.05) is 18.5 Å². The minimum Gasteiger partial charge on any atom is -0.462 e. The lowest BCUT2D eigenvalue weighted by Crippen LogP contribution is -2.07. The van der Waals surface area contributed by atoms with E-state index in [4.69, 9.17) is 9.47 Å². The van der Waals surface area contributed by atoms with E-state index in [2.05, 4.69) is 10.3 Å². The molecule has 28 heavy (non-hydrogen) atoms. The van der Waals surface area contributed by atoms with Crippen molar-refractivity contribution in [3.8, 4) is 0 Å². The second-order valence-corrected chi connectivity index (χ2v) is 6.16. The molecule has 1 heterocycles. The number of ether oxygens (including phenoxy) is 2. The van der Waals surface area contributed by atoms with E-state index < -0.39 is 0 Å². The minimum atomic E-state index is -0.351. The average Bonchev–Trinajstić information content (AvgIpc) is 3.02. The van der Waals surface area contributed by atoms with Crippen molar-refractivity contribution in [3.05, 3.63) is 59.4 Å². The average molecular weight is 381 g/mol. The van der Waals surface area contributed by atoms with Crippen molar-refractivity contribution in [1.82, 2.24) is 9.55 Å². The molecule has 146 valence electrons. The van der Waals surface area contributed by atoms with Crippen LogP contribution >= 0.6 is 0 Å². The molecular weight excluding hydrogens is 358 g/mol. The van der Waals surface area contributed by atoms with Gasteiger partial charge in [-0.25, -0.2) is 14.6 Å². The monoisotopic (exact) mass is 381 g/mol. The van der Waals surface area contributed by atoms with Gasteiger partial charge in [0.15, 0.2) is 0 Å². The molecule has 0 saturated heterocycles. The van der Waals surface area contributed by atoms with Crippen molar-refractivity contribution in [2.24, 2.45) is 7.05 Å². The number of fused-ring (bicyclic) bond motifs is 1. The largest absolute Gasteiger partial charge is 0.462 e. The van der Waals surface area contributed by atoms with Gasteiger partial charge in [-0.15, -0.1) is 0 Å². The summed E-state index contributed by atoms with van der Waals surface area (Å²) in [5.74, 6) is 0.142. The van der Waals surface area contributed by atoms with E-state index in [1.54, 1.807) is 38.1 Å². The van der Waals surface area contributed by atoms with Gasteiger partial charge in [0.05, 0.1) is 41.9 Å². The Balaban J connectivity index is 1.72. The van der Waals surface area contributed by atoms with Gasteiger partial charge >= 0.3 is 11.9 Å². The fraction of sp³-hybridized carbons (Fsp3) is 0.286. The molecule has 0 unspecified atom stereocenters. The van der Waals surface area contributed by atoms with E-state index in [0.29, 0.717) is 30.9 Å². The van der Waals surface area contributed by atoms with E-state index in [9.17, 15) is 9.59 Å². The molecule has 1 aromatic heterocycles. The zero-order valence-electron chi connectivity index (χ0n) is 16.2. The van der Waals surface area contributed by atoms with E-state index in [1.807, 2.05) is 29.8 Å². The molecule has 0 fully saturated rings. The van der Waals surface area contributed by atoms with Gasteiger partial charge in [0, 0.05) is 12.7 Å². The van der Waals surface area contributed by atoms with Crippen LogP contribution in [-0.4, -0.2) is 34.7 Å². The van der Waals surface area contributed by atoms with Gasteiger partial charge in [0.1, 0.15) is 5.82 Å². The predicted molar refractivity (Wildman–Crippen MR) is 106 cm³/mol. The van der Waals surface area contributed by atoms with Crippen molar-refractivity contribution in [3.63, 3.8) is 0 Å². The number of nitrogens with zero attached hydrogens (tertiary/aromatic N) is 2. The second kappa shape index (κ2) is 8.56. The van der Waals surface area contributed by atoms with Crippen molar-refractivity contribution in [1.29, 1.82) is 0 Å². The van der Waals surface area contributed by atoms with Gasteiger partial charge in [0.2, 0.25) is 0 Å². The van der Waals surface area contributed by atoms with Crippen molar-refractivity contribution < 1.29 is 19.1 Å². The Hall–Kier alpha value is -3.35. The molecule has 7 heteroatoms. The van der Waals surface area contributed by atoms with Crippen molar-refractivity contribution in [2.45, 2.75) is 20.4 Å². The normalized spacial score (nSPS) is 10.7. The topological polar surface area (TPSA) is 82.4 Å². The molecule has 7 nitrogen and oxygen atoms in total. The second-order valence-electron chi connectivity index (χ2n) is 6.16. The maximum atomic E-state index is 11.9. The first-order chi connectivity index (χ1) is 13.5. The number of nitrogens with one attached hydrogen (secondary N) is 1. The molecule has 0 aliphatic carbocycles. The Morgan fingerprint density at radius 2 is 1.57 bits per heavy atom. The molecule has 0 spiro atoms. The number of rotatable bonds is 7. The molecule has 0 aliphatic rings. The fourth-order valence-electron chi connectivity index (χ4n) is 2.87. The highest BCUT2D eigenvalue weighted by Gasteiger charge is 2.12. The Labute approximate surface area is 163 Å². The SMILES string of the molecule is CCOC(=O)c1ccc(NCc2nc3cc(C(=O)OCC)ccc3n2C)cc1. The Bertz CT molecular complexity index is 993. The zero-order chi connectivity index (χ0) is 20.1. The molecule has 0 atom stereocenters. The Morgan fingerprint density at radius 3 is 2.21 bits per heavy atom. The summed E-state index contributed by atoms with van der Waals surface area (Å²) in [4.78, 5) is 28.2. The highest BCUT2D eigenvalue weighted by molar-refractivity contribution is 5.93. The number of aryl methyl sites for hydroxylation is 1. The number of hydrogen-bond donors (Lipinski definition) is 1. The van der Waals surface area contributed by atoms with Crippen LogP contribution in [0.2, 0.25) is 0 Å². The predicted octanol–water partition coefficient (Wildman–Crippen LogP) is 3.54. The number of benzene rings is 2. The lowest BCUT2D eigenvalue weighted by molar-refractivity contribution is 0.0517. The molecule has 0 amide bonds. The standard InChI is InChI=1S/C21H23N3O4/c1-4-27-20(25)14-6-9-16(10-7-14)22-13-19-23-17-12-15(21(26)28-5-2)8-11-18(17)24(19)3/h6-12,22H,4-5,13H2,1-3H3. The maximum absolute atomic E-state index is 11.9. The van der Waals surface area contributed by atoms with Crippen LogP contribution in [0.1, 0.15) is 40.4 Å². The fourth-order valence-corrected chi connectivity index (χ4v) is 2.87. The third-order valence-corrected chi connectivity index (χ3v) is 4.33. The first-order valence-electron chi connectivity index (χ1n) is 9.17. The first-order valence-corrected chi connectivity index (χ1v) is 9.17.